The summed E-state index contributed by atoms with van der Waals surface area (Å²) in [6.45, 7) is 2.48. The first-order chi connectivity index (χ1) is 6.84. The van der Waals surface area contributed by atoms with Gasteiger partial charge in [-0.05, 0) is 25.1 Å². The molecule has 1 unspecified atom stereocenters. The van der Waals surface area contributed by atoms with Crippen molar-refractivity contribution in [2.75, 3.05) is 13.1 Å². The molecule has 0 amide bonds. The summed E-state index contributed by atoms with van der Waals surface area (Å²) in [5, 5.41) is 11.3. The Hall–Kier alpha value is -0.710. The van der Waals surface area contributed by atoms with Crippen LogP contribution in [0.5, 0.6) is 0 Å². The van der Waals surface area contributed by atoms with Gasteiger partial charge in [-0.25, -0.2) is 0 Å². The van der Waals surface area contributed by atoms with Gasteiger partial charge >= 0.3 is 0 Å². The van der Waals surface area contributed by atoms with Crippen molar-refractivity contribution in [3.05, 3.63) is 23.0 Å². The maximum atomic E-state index is 5.62. The lowest BCUT2D eigenvalue weighted by Gasteiger charge is -2.08. The van der Waals surface area contributed by atoms with E-state index in [1.807, 2.05) is 6.07 Å². The summed E-state index contributed by atoms with van der Waals surface area (Å²) in [5.74, 6) is 0. The van der Waals surface area contributed by atoms with Gasteiger partial charge in [0.15, 0.2) is 5.15 Å². The average molecular weight is 214 g/mol. The molecule has 1 N–H and O–H groups in total. The third-order valence-electron chi connectivity index (χ3n) is 2.17. The molecule has 1 saturated heterocycles. The van der Waals surface area contributed by atoms with E-state index >= 15 is 0 Å². The highest BCUT2D eigenvalue weighted by molar-refractivity contribution is 6.29. The number of hydrogen-bond donors (Lipinski definition) is 1. The lowest BCUT2D eigenvalue weighted by atomic mass is 10.3. The van der Waals surface area contributed by atoms with Crippen molar-refractivity contribution in [3.8, 4) is 0 Å². The summed E-state index contributed by atoms with van der Waals surface area (Å²) < 4.78 is 5.62. The summed E-state index contributed by atoms with van der Waals surface area (Å²) in [5.41, 5.74) is 0.821. The van der Waals surface area contributed by atoms with Crippen molar-refractivity contribution < 1.29 is 4.74 Å². The molecule has 4 nitrogen and oxygen atoms in total. The quantitative estimate of drug-likeness (QED) is 0.814. The van der Waals surface area contributed by atoms with Crippen molar-refractivity contribution in [3.63, 3.8) is 0 Å². The summed E-state index contributed by atoms with van der Waals surface area (Å²) in [6.07, 6.45) is 1.38. The van der Waals surface area contributed by atoms with E-state index < -0.39 is 0 Å². The summed E-state index contributed by atoms with van der Waals surface area (Å²) in [4.78, 5) is 0. The first kappa shape index (κ1) is 9.83. The zero-order chi connectivity index (χ0) is 9.80. The SMILES string of the molecule is Clc1ccc(COC2CCNC2)nn1. The maximum absolute atomic E-state index is 5.62. The third kappa shape index (κ3) is 2.64. The second-order valence-corrected chi connectivity index (χ2v) is 3.66. The molecule has 0 aliphatic carbocycles. The van der Waals surface area contributed by atoms with Gasteiger partial charge in [0, 0.05) is 6.54 Å². The van der Waals surface area contributed by atoms with Gasteiger partial charge in [0.1, 0.15) is 0 Å². The highest BCUT2D eigenvalue weighted by Crippen LogP contribution is 2.07. The molecule has 1 fully saturated rings. The minimum atomic E-state index is 0.312. The largest absolute Gasteiger partial charge is 0.370 e. The standard InChI is InChI=1S/C9H12ClN3O/c10-9-2-1-7(12-13-9)6-14-8-3-4-11-5-8/h1-2,8,11H,3-6H2. The number of halogens is 1. The Morgan fingerprint density at radius 2 is 2.43 bits per heavy atom. The van der Waals surface area contributed by atoms with Crippen LogP contribution in [-0.4, -0.2) is 29.4 Å². The minimum Gasteiger partial charge on any atom is -0.370 e. The summed E-state index contributed by atoms with van der Waals surface area (Å²) >= 11 is 5.61. The number of nitrogens with zero attached hydrogens (tertiary/aromatic N) is 2. The Morgan fingerprint density at radius 1 is 1.50 bits per heavy atom. The first-order valence-electron chi connectivity index (χ1n) is 4.65. The minimum absolute atomic E-state index is 0.312. The maximum Gasteiger partial charge on any atom is 0.151 e. The first-order valence-corrected chi connectivity index (χ1v) is 5.03. The summed E-state index contributed by atoms with van der Waals surface area (Å²) in [6, 6.07) is 3.55. The zero-order valence-corrected chi connectivity index (χ0v) is 8.50. The van der Waals surface area contributed by atoms with Crippen LogP contribution in [0.2, 0.25) is 5.15 Å². The van der Waals surface area contributed by atoms with Gasteiger partial charge in [0.05, 0.1) is 18.4 Å². The van der Waals surface area contributed by atoms with Gasteiger partial charge in [-0.3, -0.25) is 0 Å². The third-order valence-corrected chi connectivity index (χ3v) is 2.37. The molecule has 1 aliphatic heterocycles. The normalized spacial score (nSPS) is 21.4. The van der Waals surface area contributed by atoms with Crippen molar-refractivity contribution in [2.45, 2.75) is 19.1 Å². The Kier molecular flexibility index (Phi) is 3.29. The van der Waals surface area contributed by atoms with Crippen LogP contribution < -0.4 is 5.32 Å². The van der Waals surface area contributed by atoms with Crippen LogP contribution in [-0.2, 0) is 11.3 Å². The van der Waals surface area contributed by atoms with E-state index in [9.17, 15) is 0 Å². The Bertz CT molecular complexity index is 285. The number of rotatable bonds is 3. The van der Waals surface area contributed by atoms with Crippen LogP contribution in [0, 0.1) is 0 Å². The van der Waals surface area contributed by atoms with Crippen molar-refractivity contribution in [2.24, 2.45) is 0 Å². The molecule has 0 radical (unpaired) electrons. The molecule has 1 atom stereocenters. The van der Waals surface area contributed by atoms with Crippen molar-refractivity contribution >= 4 is 11.6 Å². The molecule has 0 spiro atoms. The van der Waals surface area contributed by atoms with Crippen LogP contribution in [0.3, 0.4) is 0 Å². The Labute approximate surface area is 87.6 Å². The van der Waals surface area contributed by atoms with E-state index in [4.69, 9.17) is 16.3 Å². The summed E-state index contributed by atoms with van der Waals surface area (Å²) in [7, 11) is 0. The van der Waals surface area contributed by atoms with Crippen LogP contribution in [0.1, 0.15) is 12.1 Å². The van der Waals surface area contributed by atoms with Gasteiger partial charge in [-0.15, -0.1) is 5.10 Å². The molecule has 5 heteroatoms. The zero-order valence-electron chi connectivity index (χ0n) is 7.74. The van der Waals surface area contributed by atoms with Gasteiger partial charge < -0.3 is 10.1 Å². The average Bonchev–Trinajstić information content (AvgIpc) is 2.70. The fourth-order valence-electron chi connectivity index (χ4n) is 1.39. The van der Waals surface area contributed by atoms with Gasteiger partial charge in [-0.2, -0.15) is 5.10 Å². The molecule has 14 heavy (non-hydrogen) atoms. The molecule has 1 aliphatic rings. The molecular formula is C9H12ClN3O. The van der Waals surface area contributed by atoms with E-state index in [-0.39, 0.29) is 0 Å². The molecule has 0 aromatic carbocycles. The molecule has 2 rings (SSSR count). The van der Waals surface area contributed by atoms with E-state index in [2.05, 4.69) is 15.5 Å². The number of nitrogens with one attached hydrogen (secondary N) is 1. The second kappa shape index (κ2) is 4.68. The van der Waals surface area contributed by atoms with Gasteiger partial charge in [-0.1, -0.05) is 11.6 Å². The molecule has 0 saturated carbocycles. The predicted molar refractivity (Wildman–Crippen MR) is 53.1 cm³/mol. The topological polar surface area (TPSA) is 47.0 Å². The molecule has 1 aromatic heterocycles. The molecular weight excluding hydrogens is 202 g/mol. The molecule has 0 bridgehead atoms. The molecule has 2 heterocycles. The lowest BCUT2D eigenvalue weighted by molar-refractivity contribution is 0.0518. The predicted octanol–water partition coefficient (Wildman–Crippen LogP) is 1.01. The lowest BCUT2D eigenvalue weighted by Crippen LogP contribution is -2.16. The van der Waals surface area contributed by atoms with Gasteiger partial charge in [0.25, 0.3) is 0 Å². The molecule has 76 valence electrons. The van der Waals surface area contributed by atoms with E-state index in [1.54, 1.807) is 6.07 Å². The molecule has 1 aromatic rings. The monoisotopic (exact) mass is 213 g/mol. The highest BCUT2D eigenvalue weighted by Gasteiger charge is 2.14. The van der Waals surface area contributed by atoms with Crippen LogP contribution >= 0.6 is 11.6 Å². The highest BCUT2D eigenvalue weighted by atomic mass is 35.5. The smallest absolute Gasteiger partial charge is 0.151 e. The Balaban J connectivity index is 1.82. The fraction of sp³-hybridized carbons (Fsp3) is 0.556. The second-order valence-electron chi connectivity index (χ2n) is 3.27. The van der Waals surface area contributed by atoms with Crippen LogP contribution in [0.25, 0.3) is 0 Å². The van der Waals surface area contributed by atoms with E-state index in [1.165, 1.54) is 0 Å². The van der Waals surface area contributed by atoms with Crippen LogP contribution in [0.15, 0.2) is 12.1 Å². The van der Waals surface area contributed by atoms with Crippen LogP contribution in [0.4, 0.5) is 0 Å². The fourth-order valence-corrected chi connectivity index (χ4v) is 1.50. The van der Waals surface area contributed by atoms with Gasteiger partial charge in [0.2, 0.25) is 0 Å². The number of ether oxygens (including phenoxy) is 1. The van der Waals surface area contributed by atoms with Crippen molar-refractivity contribution in [1.29, 1.82) is 0 Å². The van der Waals surface area contributed by atoms with Crippen molar-refractivity contribution in [1.82, 2.24) is 15.5 Å². The van der Waals surface area contributed by atoms with E-state index in [0.29, 0.717) is 17.9 Å². The number of hydrogen-bond acceptors (Lipinski definition) is 4. The van der Waals surface area contributed by atoms with E-state index in [0.717, 1.165) is 25.2 Å². The Morgan fingerprint density at radius 3 is 3.07 bits per heavy atom. The number of aromatic nitrogens is 2.